The largest absolute Gasteiger partial charge is 0.325 e. The van der Waals surface area contributed by atoms with Crippen LogP contribution in [0.4, 0.5) is 10.8 Å². The summed E-state index contributed by atoms with van der Waals surface area (Å²) in [7, 11) is 0. The highest BCUT2D eigenvalue weighted by molar-refractivity contribution is 8.01. The third-order valence-electron chi connectivity index (χ3n) is 3.17. The quantitative estimate of drug-likeness (QED) is 0.425. The minimum atomic E-state index is -0.307. The lowest BCUT2D eigenvalue weighted by atomic mass is 10.2. The minimum Gasteiger partial charge on any atom is -0.325 e. The van der Waals surface area contributed by atoms with Crippen molar-refractivity contribution in [1.29, 1.82) is 0 Å². The molecule has 0 unspecified atom stereocenters. The fraction of sp³-hybridized carbons (Fsp3) is 0.0588. The molecule has 3 aromatic rings. The van der Waals surface area contributed by atoms with Crippen molar-refractivity contribution < 1.29 is 9.59 Å². The van der Waals surface area contributed by atoms with Crippen LogP contribution in [0.1, 0.15) is 10.4 Å². The van der Waals surface area contributed by atoms with Gasteiger partial charge in [-0.1, -0.05) is 52.4 Å². The topological polar surface area (TPSA) is 84.0 Å². The molecule has 1 aromatic heterocycles. The summed E-state index contributed by atoms with van der Waals surface area (Å²) in [5.41, 5.74) is 1.09. The van der Waals surface area contributed by atoms with E-state index >= 15 is 0 Å². The van der Waals surface area contributed by atoms with Crippen LogP contribution in [0.3, 0.4) is 0 Å². The second kappa shape index (κ2) is 9.18. The maximum absolute atomic E-state index is 12.1. The molecule has 0 radical (unpaired) electrons. The van der Waals surface area contributed by atoms with Gasteiger partial charge in [0.25, 0.3) is 5.91 Å². The van der Waals surface area contributed by atoms with Crippen LogP contribution in [0.5, 0.6) is 0 Å². The summed E-state index contributed by atoms with van der Waals surface area (Å²) in [4.78, 5) is 24.1. The summed E-state index contributed by atoms with van der Waals surface area (Å²) in [6.45, 7) is 0. The number of anilines is 2. The standard InChI is InChI=1S/C17H12Cl2N4O2S2/c18-11-6-4-10(5-7-11)15(25)21-16-22-23-17(27-16)26-9-14(24)20-13-3-1-2-12(19)8-13/h1-8H,9H2,(H,20,24)(H,21,22,25). The van der Waals surface area contributed by atoms with E-state index in [4.69, 9.17) is 23.2 Å². The van der Waals surface area contributed by atoms with Crippen LogP contribution in [-0.2, 0) is 4.79 Å². The average molecular weight is 439 g/mol. The van der Waals surface area contributed by atoms with Gasteiger partial charge in [-0.3, -0.25) is 14.9 Å². The molecule has 0 saturated heterocycles. The number of thioether (sulfide) groups is 1. The fourth-order valence-corrected chi connectivity index (χ4v) is 3.84. The molecule has 27 heavy (non-hydrogen) atoms. The highest BCUT2D eigenvalue weighted by Crippen LogP contribution is 2.26. The van der Waals surface area contributed by atoms with Gasteiger partial charge in [0.15, 0.2) is 4.34 Å². The smallest absolute Gasteiger partial charge is 0.257 e. The Labute approximate surface area is 173 Å². The van der Waals surface area contributed by atoms with E-state index < -0.39 is 0 Å². The van der Waals surface area contributed by atoms with Crippen molar-refractivity contribution in [2.75, 3.05) is 16.4 Å². The number of benzene rings is 2. The minimum absolute atomic E-state index is 0.159. The number of carbonyl (C=O) groups excluding carboxylic acids is 2. The Hall–Kier alpha value is -2.13. The van der Waals surface area contributed by atoms with Crippen molar-refractivity contribution in [1.82, 2.24) is 10.2 Å². The van der Waals surface area contributed by atoms with Crippen LogP contribution in [0.15, 0.2) is 52.9 Å². The molecule has 0 spiro atoms. The molecule has 2 aromatic carbocycles. The zero-order valence-electron chi connectivity index (χ0n) is 13.6. The van der Waals surface area contributed by atoms with Crippen molar-refractivity contribution in [2.45, 2.75) is 4.34 Å². The van der Waals surface area contributed by atoms with E-state index in [0.29, 0.717) is 30.8 Å². The molecule has 0 aliphatic rings. The van der Waals surface area contributed by atoms with Crippen LogP contribution < -0.4 is 10.6 Å². The first-order valence-corrected chi connectivity index (χ1v) is 10.1. The molecular weight excluding hydrogens is 427 g/mol. The summed E-state index contributed by atoms with van der Waals surface area (Å²) in [6.07, 6.45) is 0. The maximum atomic E-state index is 12.1. The molecule has 3 rings (SSSR count). The van der Waals surface area contributed by atoms with Crippen LogP contribution >= 0.6 is 46.3 Å². The zero-order chi connectivity index (χ0) is 19.2. The molecule has 1 heterocycles. The van der Waals surface area contributed by atoms with E-state index in [9.17, 15) is 9.59 Å². The van der Waals surface area contributed by atoms with Gasteiger partial charge in [-0.2, -0.15) is 0 Å². The van der Waals surface area contributed by atoms with Crippen LogP contribution in [-0.4, -0.2) is 27.8 Å². The van der Waals surface area contributed by atoms with Crippen molar-refractivity contribution >= 4 is 68.9 Å². The van der Waals surface area contributed by atoms with Crippen LogP contribution in [0, 0.1) is 0 Å². The Balaban J connectivity index is 1.51. The van der Waals surface area contributed by atoms with E-state index in [1.165, 1.54) is 23.1 Å². The molecular formula is C17H12Cl2N4O2S2. The lowest BCUT2D eigenvalue weighted by molar-refractivity contribution is -0.113. The Morgan fingerprint density at radius 3 is 2.52 bits per heavy atom. The van der Waals surface area contributed by atoms with Crippen LogP contribution in [0.25, 0.3) is 0 Å². The Morgan fingerprint density at radius 1 is 1.00 bits per heavy atom. The van der Waals surface area contributed by atoms with Gasteiger partial charge in [0.1, 0.15) is 0 Å². The van der Waals surface area contributed by atoms with Crippen molar-refractivity contribution in [2.24, 2.45) is 0 Å². The normalized spacial score (nSPS) is 10.4. The third-order valence-corrected chi connectivity index (χ3v) is 5.63. The average Bonchev–Trinajstić information content (AvgIpc) is 3.08. The second-order valence-electron chi connectivity index (χ2n) is 5.18. The summed E-state index contributed by atoms with van der Waals surface area (Å²) >= 11 is 14.1. The lowest BCUT2D eigenvalue weighted by Gasteiger charge is -2.04. The summed E-state index contributed by atoms with van der Waals surface area (Å²) in [6, 6.07) is 13.4. The van der Waals surface area contributed by atoms with Crippen molar-refractivity contribution in [3.8, 4) is 0 Å². The maximum Gasteiger partial charge on any atom is 0.257 e. The number of nitrogens with one attached hydrogen (secondary N) is 2. The molecule has 10 heteroatoms. The number of carbonyl (C=O) groups is 2. The highest BCUT2D eigenvalue weighted by Gasteiger charge is 2.12. The number of halogens is 2. The fourth-order valence-electron chi connectivity index (χ4n) is 1.98. The molecule has 2 N–H and O–H groups in total. The molecule has 0 saturated carbocycles. The Bertz CT molecular complexity index is 964. The first-order valence-electron chi connectivity index (χ1n) is 7.58. The third kappa shape index (κ3) is 5.93. The lowest BCUT2D eigenvalue weighted by Crippen LogP contribution is -2.13. The van der Waals surface area contributed by atoms with Gasteiger partial charge in [-0.05, 0) is 42.5 Å². The number of amides is 2. The van der Waals surface area contributed by atoms with Crippen molar-refractivity contribution in [3.05, 3.63) is 64.1 Å². The number of aromatic nitrogens is 2. The molecule has 2 amide bonds. The summed E-state index contributed by atoms with van der Waals surface area (Å²) in [5.74, 6) is -0.339. The van der Waals surface area contributed by atoms with E-state index in [2.05, 4.69) is 20.8 Å². The molecule has 0 aliphatic carbocycles. The van der Waals surface area contributed by atoms with Gasteiger partial charge in [0, 0.05) is 21.3 Å². The molecule has 6 nitrogen and oxygen atoms in total. The van der Waals surface area contributed by atoms with E-state index in [1.54, 1.807) is 48.5 Å². The Morgan fingerprint density at radius 2 is 1.78 bits per heavy atom. The number of nitrogens with zero attached hydrogens (tertiary/aromatic N) is 2. The second-order valence-corrected chi connectivity index (χ2v) is 8.25. The number of hydrogen-bond acceptors (Lipinski definition) is 6. The number of hydrogen-bond donors (Lipinski definition) is 2. The van der Waals surface area contributed by atoms with E-state index in [1.807, 2.05) is 0 Å². The Kier molecular flexibility index (Phi) is 6.68. The predicted molar refractivity (Wildman–Crippen MR) is 110 cm³/mol. The summed E-state index contributed by atoms with van der Waals surface area (Å²) in [5, 5.41) is 14.7. The van der Waals surface area contributed by atoms with E-state index in [0.717, 1.165) is 0 Å². The first-order chi connectivity index (χ1) is 13.0. The predicted octanol–water partition coefficient (Wildman–Crippen LogP) is 4.83. The first kappa shape index (κ1) is 19.6. The van der Waals surface area contributed by atoms with E-state index in [-0.39, 0.29) is 17.6 Å². The molecule has 138 valence electrons. The van der Waals surface area contributed by atoms with Gasteiger partial charge in [-0.25, -0.2) is 0 Å². The molecule has 0 fully saturated rings. The van der Waals surface area contributed by atoms with Gasteiger partial charge >= 0.3 is 0 Å². The van der Waals surface area contributed by atoms with Gasteiger partial charge in [0.2, 0.25) is 11.0 Å². The van der Waals surface area contributed by atoms with Gasteiger partial charge < -0.3 is 5.32 Å². The monoisotopic (exact) mass is 438 g/mol. The SMILES string of the molecule is O=C(CSc1nnc(NC(=O)c2ccc(Cl)cc2)s1)Nc1cccc(Cl)c1. The molecule has 0 atom stereocenters. The van der Waals surface area contributed by atoms with Crippen LogP contribution in [0.2, 0.25) is 10.0 Å². The highest BCUT2D eigenvalue weighted by atomic mass is 35.5. The molecule has 0 bridgehead atoms. The summed E-state index contributed by atoms with van der Waals surface area (Å²) < 4.78 is 0.572. The zero-order valence-corrected chi connectivity index (χ0v) is 16.8. The molecule has 0 aliphatic heterocycles. The number of rotatable bonds is 6. The van der Waals surface area contributed by atoms with Gasteiger partial charge in [0.05, 0.1) is 5.75 Å². The van der Waals surface area contributed by atoms with Crippen molar-refractivity contribution in [3.63, 3.8) is 0 Å². The van der Waals surface area contributed by atoms with Gasteiger partial charge in [-0.15, -0.1) is 10.2 Å².